The SMILES string of the molecule is CC(C)(C)n1nnnc1SCc1cc(=O)c(O)co1. The Hall–Kier alpha value is -1.83. The van der Waals surface area contributed by atoms with Gasteiger partial charge in [0.25, 0.3) is 0 Å². The van der Waals surface area contributed by atoms with Crippen LogP contribution in [-0.4, -0.2) is 25.3 Å². The Morgan fingerprint density at radius 3 is 2.84 bits per heavy atom. The van der Waals surface area contributed by atoms with Gasteiger partial charge in [-0.2, -0.15) is 0 Å². The molecule has 2 heterocycles. The molecule has 0 saturated heterocycles. The minimum atomic E-state index is -0.461. The van der Waals surface area contributed by atoms with Gasteiger partial charge < -0.3 is 9.52 Å². The van der Waals surface area contributed by atoms with Crippen molar-refractivity contribution in [1.82, 2.24) is 20.2 Å². The quantitative estimate of drug-likeness (QED) is 0.850. The zero-order valence-corrected chi connectivity index (χ0v) is 11.6. The van der Waals surface area contributed by atoms with Crippen LogP contribution in [0.2, 0.25) is 0 Å². The van der Waals surface area contributed by atoms with Crippen LogP contribution in [-0.2, 0) is 11.3 Å². The van der Waals surface area contributed by atoms with Crippen LogP contribution >= 0.6 is 11.8 Å². The van der Waals surface area contributed by atoms with E-state index in [-0.39, 0.29) is 5.54 Å². The largest absolute Gasteiger partial charge is 0.502 e. The van der Waals surface area contributed by atoms with Crippen molar-refractivity contribution in [3.63, 3.8) is 0 Å². The van der Waals surface area contributed by atoms with E-state index in [1.165, 1.54) is 17.8 Å². The number of thioether (sulfide) groups is 1. The van der Waals surface area contributed by atoms with Gasteiger partial charge in [0.15, 0.2) is 5.75 Å². The van der Waals surface area contributed by atoms with Gasteiger partial charge in [0.05, 0.1) is 11.3 Å². The van der Waals surface area contributed by atoms with E-state index in [0.29, 0.717) is 16.7 Å². The molecule has 0 bridgehead atoms. The van der Waals surface area contributed by atoms with Crippen LogP contribution < -0.4 is 5.43 Å². The lowest BCUT2D eigenvalue weighted by atomic mass is 10.1. The second-order valence-corrected chi connectivity index (χ2v) is 5.87. The van der Waals surface area contributed by atoms with Gasteiger partial charge in [-0.3, -0.25) is 4.79 Å². The van der Waals surface area contributed by atoms with E-state index in [0.717, 1.165) is 6.26 Å². The topological polar surface area (TPSA) is 94.0 Å². The first-order chi connectivity index (χ1) is 8.88. The van der Waals surface area contributed by atoms with Gasteiger partial charge in [0.2, 0.25) is 10.6 Å². The van der Waals surface area contributed by atoms with Gasteiger partial charge in [-0.25, -0.2) is 4.68 Å². The van der Waals surface area contributed by atoms with Crippen molar-refractivity contribution in [3.8, 4) is 5.75 Å². The Morgan fingerprint density at radius 2 is 2.21 bits per heavy atom. The van der Waals surface area contributed by atoms with E-state index in [1.807, 2.05) is 20.8 Å². The summed E-state index contributed by atoms with van der Waals surface area (Å²) < 4.78 is 6.82. The number of nitrogens with zero attached hydrogens (tertiary/aromatic N) is 4. The van der Waals surface area contributed by atoms with Crippen LogP contribution in [0.5, 0.6) is 5.75 Å². The van der Waals surface area contributed by atoms with Gasteiger partial charge in [-0.1, -0.05) is 11.8 Å². The third-order valence-electron chi connectivity index (χ3n) is 2.29. The maximum Gasteiger partial charge on any atom is 0.226 e. The second kappa shape index (κ2) is 5.04. The predicted octanol–water partition coefficient (Wildman–Crippen LogP) is 1.38. The first-order valence-corrected chi connectivity index (χ1v) is 6.59. The molecule has 2 rings (SSSR count). The van der Waals surface area contributed by atoms with E-state index in [4.69, 9.17) is 9.52 Å². The standard InChI is InChI=1S/C11H14N4O3S/c1-11(2,3)15-10(12-13-14-15)19-6-7-4-8(16)9(17)5-18-7/h4-5,17H,6H2,1-3H3. The Kier molecular flexibility index (Phi) is 3.61. The van der Waals surface area contributed by atoms with Crippen molar-refractivity contribution < 1.29 is 9.52 Å². The third kappa shape index (κ3) is 3.14. The van der Waals surface area contributed by atoms with Crippen LogP contribution in [0.3, 0.4) is 0 Å². The highest BCUT2D eigenvalue weighted by molar-refractivity contribution is 7.98. The molecule has 0 fully saturated rings. The molecule has 0 unspecified atom stereocenters. The molecular weight excluding hydrogens is 268 g/mol. The highest BCUT2D eigenvalue weighted by atomic mass is 32.2. The summed E-state index contributed by atoms with van der Waals surface area (Å²) in [5.41, 5.74) is -0.681. The van der Waals surface area contributed by atoms with Gasteiger partial charge >= 0.3 is 0 Å². The van der Waals surface area contributed by atoms with Crippen molar-refractivity contribution >= 4 is 11.8 Å². The van der Waals surface area contributed by atoms with Crippen LogP contribution in [0.4, 0.5) is 0 Å². The summed E-state index contributed by atoms with van der Waals surface area (Å²) in [6.45, 7) is 5.98. The molecule has 0 aromatic carbocycles. The average Bonchev–Trinajstić information content (AvgIpc) is 2.79. The molecule has 0 spiro atoms. The molecule has 0 atom stereocenters. The molecule has 0 aliphatic rings. The first-order valence-electron chi connectivity index (χ1n) is 5.60. The van der Waals surface area contributed by atoms with Crippen LogP contribution in [0.1, 0.15) is 26.5 Å². The third-order valence-corrected chi connectivity index (χ3v) is 3.23. The zero-order chi connectivity index (χ0) is 14.0. The molecule has 0 aliphatic heterocycles. The highest BCUT2D eigenvalue weighted by Gasteiger charge is 2.20. The lowest BCUT2D eigenvalue weighted by molar-refractivity contribution is 0.321. The summed E-state index contributed by atoms with van der Waals surface area (Å²) in [5.74, 6) is 0.468. The van der Waals surface area contributed by atoms with Gasteiger partial charge in [-0.15, -0.1) is 5.10 Å². The van der Waals surface area contributed by atoms with Crippen molar-refractivity contribution in [1.29, 1.82) is 0 Å². The fourth-order valence-electron chi connectivity index (χ4n) is 1.35. The molecule has 2 aromatic heterocycles. The van der Waals surface area contributed by atoms with Crippen molar-refractivity contribution in [2.24, 2.45) is 0 Å². The molecule has 7 nitrogen and oxygen atoms in total. The molecule has 2 aromatic rings. The van der Waals surface area contributed by atoms with Crippen LogP contribution in [0.15, 0.2) is 26.7 Å². The zero-order valence-electron chi connectivity index (χ0n) is 10.8. The molecule has 0 amide bonds. The molecule has 1 N–H and O–H groups in total. The van der Waals surface area contributed by atoms with E-state index >= 15 is 0 Å². The Morgan fingerprint density at radius 1 is 1.47 bits per heavy atom. The average molecular weight is 282 g/mol. The monoisotopic (exact) mass is 282 g/mol. The normalized spacial score (nSPS) is 11.7. The van der Waals surface area contributed by atoms with E-state index in [9.17, 15) is 4.79 Å². The fraction of sp³-hybridized carbons (Fsp3) is 0.455. The molecular formula is C11H14N4O3S. The number of aromatic hydroxyl groups is 1. The number of rotatable bonds is 3. The number of tetrazole rings is 1. The highest BCUT2D eigenvalue weighted by Crippen LogP contribution is 2.24. The number of hydrogen-bond donors (Lipinski definition) is 1. The molecule has 0 aliphatic carbocycles. The summed E-state index contributed by atoms with van der Waals surface area (Å²) in [6.07, 6.45) is 1.03. The number of hydrogen-bond acceptors (Lipinski definition) is 7. The first kappa shape index (κ1) is 13.6. The van der Waals surface area contributed by atoms with E-state index in [1.54, 1.807) is 4.68 Å². The summed E-state index contributed by atoms with van der Waals surface area (Å²) in [7, 11) is 0. The summed E-state index contributed by atoms with van der Waals surface area (Å²) in [5, 5.41) is 21.2. The van der Waals surface area contributed by atoms with E-state index < -0.39 is 11.2 Å². The molecule has 102 valence electrons. The predicted molar refractivity (Wildman–Crippen MR) is 69.0 cm³/mol. The Labute approximate surface area is 113 Å². The Bertz CT molecular complexity index is 629. The Balaban J connectivity index is 2.13. The summed E-state index contributed by atoms with van der Waals surface area (Å²) >= 11 is 1.36. The van der Waals surface area contributed by atoms with Crippen molar-refractivity contribution in [3.05, 3.63) is 28.3 Å². The maximum absolute atomic E-state index is 11.3. The van der Waals surface area contributed by atoms with Crippen LogP contribution in [0, 0.1) is 0 Å². The smallest absolute Gasteiger partial charge is 0.226 e. The molecule has 0 saturated carbocycles. The van der Waals surface area contributed by atoms with Gasteiger partial charge in [0.1, 0.15) is 12.0 Å². The number of aromatic nitrogens is 4. The lowest BCUT2D eigenvalue weighted by Gasteiger charge is -2.19. The fourth-order valence-corrected chi connectivity index (χ4v) is 2.29. The summed E-state index contributed by atoms with van der Waals surface area (Å²) in [6, 6.07) is 1.26. The van der Waals surface area contributed by atoms with Gasteiger partial charge in [0, 0.05) is 6.07 Å². The minimum Gasteiger partial charge on any atom is -0.502 e. The minimum absolute atomic E-state index is 0.221. The molecule has 19 heavy (non-hydrogen) atoms. The second-order valence-electron chi connectivity index (χ2n) is 4.93. The van der Waals surface area contributed by atoms with Gasteiger partial charge in [-0.05, 0) is 31.2 Å². The lowest BCUT2D eigenvalue weighted by Crippen LogP contribution is -2.24. The summed E-state index contributed by atoms with van der Waals surface area (Å²) in [4.78, 5) is 11.3. The van der Waals surface area contributed by atoms with Crippen molar-refractivity contribution in [2.75, 3.05) is 0 Å². The molecule has 8 heteroatoms. The van der Waals surface area contributed by atoms with E-state index in [2.05, 4.69) is 15.5 Å². The maximum atomic E-state index is 11.3. The molecule has 0 radical (unpaired) electrons. The van der Waals surface area contributed by atoms with Crippen molar-refractivity contribution in [2.45, 2.75) is 37.2 Å². The van der Waals surface area contributed by atoms with Crippen LogP contribution in [0.25, 0.3) is 0 Å².